The second-order valence-corrected chi connectivity index (χ2v) is 8.52. The first-order valence-electron chi connectivity index (χ1n) is 10.3. The largest absolute Gasteiger partial charge is 0.362 e. The molecule has 6 rings (SSSR count). The van der Waals surface area contributed by atoms with Crippen molar-refractivity contribution in [3.63, 3.8) is 0 Å². The predicted octanol–water partition coefficient (Wildman–Crippen LogP) is 3.43. The van der Waals surface area contributed by atoms with Crippen LogP contribution in [0.4, 0.5) is 10.1 Å². The fourth-order valence-electron chi connectivity index (χ4n) is 5.39. The molecule has 5 nitrogen and oxygen atoms in total. The fraction of sp³-hybridized carbons (Fsp3) is 0.391. The van der Waals surface area contributed by atoms with E-state index in [1.807, 2.05) is 24.3 Å². The van der Waals surface area contributed by atoms with Crippen LogP contribution in [0.2, 0.25) is 0 Å². The Morgan fingerprint density at radius 1 is 1.10 bits per heavy atom. The molecule has 1 heterocycles. The van der Waals surface area contributed by atoms with E-state index in [-0.39, 0.29) is 35.4 Å². The Kier molecular flexibility index (Phi) is 4.30. The monoisotopic (exact) mass is 393 g/mol. The Bertz CT molecular complexity index is 961. The van der Waals surface area contributed by atoms with E-state index in [9.17, 15) is 14.0 Å². The van der Waals surface area contributed by atoms with E-state index < -0.39 is 5.66 Å². The zero-order valence-electron chi connectivity index (χ0n) is 16.1. The van der Waals surface area contributed by atoms with Crippen molar-refractivity contribution in [2.24, 2.45) is 17.8 Å². The van der Waals surface area contributed by atoms with Gasteiger partial charge in [-0.1, -0.05) is 24.3 Å². The molecular weight excluding hydrogens is 369 g/mol. The lowest BCUT2D eigenvalue weighted by atomic mass is 9.58. The maximum atomic E-state index is 13.0. The van der Waals surface area contributed by atoms with E-state index in [2.05, 4.69) is 16.0 Å². The number of amides is 2. The van der Waals surface area contributed by atoms with Gasteiger partial charge in [0, 0.05) is 24.1 Å². The Morgan fingerprint density at radius 3 is 2.66 bits per heavy atom. The van der Waals surface area contributed by atoms with Crippen LogP contribution in [0.5, 0.6) is 0 Å². The molecule has 3 saturated carbocycles. The minimum Gasteiger partial charge on any atom is -0.362 e. The van der Waals surface area contributed by atoms with Crippen molar-refractivity contribution >= 4 is 17.5 Å². The number of nitrogens with one attached hydrogen (secondary N) is 3. The molecule has 4 atom stereocenters. The van der Waals surface area contributed by atoms with Crippen LogP contribution in [-0.2, 0) is 11.3 Å². The van der Waals surface area contributed by atoms with E-state index in [0.717, 1.165) is 36.9 Å². The molecule has 4 aliphatic rings. The third-order valence-electron chi connectivity index (χ3n) is 6.86. The Balaban J connectivity index is 1.28. The molecule has 2 aromatic carbocycles. The molecule has 1 spiro atoms. The topological polar surface area (TPSA) is 70.2 Å². The van der Waals surface area contributed by atoms with Crippen molar-refractivity contribution in [2.45, 2.75) is 37.9 Å². The molecule has 3 fully saturated rings. The average Bonchev–Trinajstić information content (AvgIpc) is 2.73. The van der Waals surface area contributed by atoms with Gasteiger partial charge in [-0.15, -0.1) is 0 Å². The van der Waals surface area contributed by atoms with Gasteiger partial charge in [-0.2, -0.15) is 0 Å². The summed E-state index contributed by atoms with van der Waals surface area (Å²) in [6, 6.07) is 13.8. The van der Waals surface area contributed by atoms with Gasteiger partial charge in [0.1, 0.15) is 11.5 Å². The summed E-state index contributed by atoms with van der Waals surface area (Å²) in [5.41, 5.74) is 1.98. The quantitative estimate of drug-likeness (QED) is 0.748. The van der Waals surface area contributed by atoms with E-state index in [1.54, 1.807) is 12.1 Å². The second kappa shape index (κ2) is 6.87. The normalized spacial score (nSPS) is 29.7. The average molecular weight is 393 g/mol. The minimum atomic E-state index is -0.456. The number of anilines is 1. The van der Waals surface area contributed by atoms with Crippen LogP contribution in [0.15, 0.2) is 48.5 Å². The SMILES string of the molecule is O=C1N[C@@]2(CC3CCC2CC3C(=O)NCc2ccc(F)cc2)Nc2ccccc21. The summed E-state index contributed by atoms with van der Waals surface area (Å²) in [6.45, 7) is 0.403. The molecule has 3 aliphatic carbocycles. The standard InChI is InChI=1S/C23H24FN3O2/c24-17-9-5-14(6-10-17)13-25-21(28)19-11-16-8-7-15(19)12-23(16)26-20-4-2-1-3-18(20)22(29)27-23/h1-6,9-10,15-16,19,26H,7-8,11-13H2,(H,25,28)(H,27,29)/t15?,16?,19?,23-/m1/s1. The van der Waals surface area contributed by atoms with Gasteiger partial charge in [-0.25, -0.2) is 4.39 Å². The number of benzene rings is 2. The molecule has 3 unspecified atom stereocenters. The van der Waals surface area contributed by atoms with Crippen LogP contribution in [0, 0.1) is 23.6 Å². The number of hydrogen-bond acceptors (Lipinski definition) is 3. The summed E-state index contributed by atoms with van der Waals surface area (Å²) in [5.74, 6) is 0.137. The van der Waals surface area contributed by atoms with Gasteiger partial charge in [-0.3, -0.25) is 9.59 Å². The van der Waals surface area contributed by atoms with Crippen molar-refractivity contribution in [3.8, 4) is 0 Å². The van der Waals surface area contributed by atoms with Gasteiger partial charge in [0.2, 0.25) is 5.91 Å². The molecular formula is C23H24FN3O2. The first kappa shape index (κ1) is 18.2. The maximum absolute atomic E-state index is 13.0. The molecule has 6 heteroatoms. The second-order valence-electron chi connectivity index (χ2n) is 8.52. The van der Waals surface area contributed by atoms with Gasteiger partial charge in [-0.05, 0) is 61.4 Å². The van der Waals surface area contributed by atoms with E-state index >= 15 is 0 Å². The van der Waals surface area contributed by atoms with Crippen LogP contribution in [-0.4, -0.2) is 17.5 Å². The van der Waals surface area contributed by atoms with Crippen LogP contribution in [0.3, 0.4) is 0 Å². The van der Waals surface area contributed by atoms with Crippen molar-refractivity contribution in [3.05, 3.63) is 65.5 Å². The van der Waals surface area contributed by atoms with E-state index in [0.29, 0.717) is 12.1 Å². The Labute approximate surface area is 169 Å². The van der Waals surface area contributed by atoms with Crippen molar-refractivity contribution in [1.29, 1.82) is 0 Å². The fourth-order valence-corrected chi connectivity index (χ4v) is 5.39. The van der Waals surface area contributed by atoms with Gasteiger partial charge in [0.15, 0.2) is 0 Å². The molecule has 3 N–H and O–H groups in total. The highest BCUT2D eigenvalue weighted by molar-refractivity contribution is 6.02. The number of halogens is 1. The molecule has 29 heavy (non-hydrogen) atoms. The highest BCUT2D eigenvalue weighted by Crippen LogP contribution is 2.51. The molecule has 2 bridgehead atoms. The smallest absolute Gasteiger partial charge is 0.255 e. The molecule has 0 aromatic heterocycles. The first-order chi connectivity index (χ1) is 14.0. The van der Waals surface area contributed by atoms with E-state index in [1.165, 1.54) is 12.1 Å². The van der Waals surface area contributed by atoms with Crippen molar-refractivity contribution in [1.82, 2.24) is 10.6 Å². The molecule has 1 aliphatic heterocycles. The van der Waals surface area contributed by atoms with Crippen molar-refractivity contribution in [2.75, 3.05) is 5.32 Å². The summed E-state index contributed by atoms with van der Waals surface area (Å²) < 4.78 is 13.0. The lowest BCUT2D eigenvalue weighted by Crippen LogP contribution is -2.68. The third kappa shape index (κ3) is 3.16. The van der Waals surface area contributed by atoms with Crippen molar-refractivity contribution < 1.29 is 14.0 Å². The number of rotatable bonds is 3. The predicted molar refractivity (Wildman–Crippen MR) is 107 cm³/mol. The molecule has 2 aromatic rings. The zero-order chi connectivity index (χ0) is 20.0. The molecule has 2 amide bonds. The summed E-state index contributed by atoms with van der Waals surface area (Å²) >= 11 is 0. The highest BCUT2D eigenvalue weighted by Gasteiger charge is 2.55. The summed E-state index contributed by atoms with van der Waals surface area (Å²) in [6.07, 6.45) is 3.52. The van der Waals surface area contributed by atoms with Crippen LogP contribution in [0.1, 0.15) is 41.6 Å². The zero-order valence-corrected chi connectivity index (χ0v) is 16.1. The number of carbonyl (C=O) groups excluding carboxylic acids is 2. The lowest BCUT2D eigenvalue weighted by molar-refractivity contribution is -0.132. The Morgan fingerprint density at radius 2 is 1.90 bits per heavy atom. The van der Waals surface area contributed by atoms with Gasteiger partial charge >= 0.3 is 0 Å². The summed E-state index contributed by atoms with van der Waals surface area (Å²) in [4.78, 5) is 25.5. The first-order valence-corrected chi connectivity index (χ1v) is 10.3. The van der Waals surface area contributed by atoms with Crippen LogP contribution < -0.4 is 16.0 Å². The number of carbonyl (C=O) groups is 2. The molecule has 0 radical (unpaired) electrons. The lowest BCUT2D eigenvalue weighted by Gasteiger charge is -2.56. The molecule has 150 valence electrons. The van der Waals surface area contributed by atoms with Crippen LogP contribution >= 0.6 is 0 Å². The van der Waals surface area contributed by atoms with Gasteiger partial charge in [0.25, 0.3) is 5.91 Å². The van der Waals surface area contributed by atoms with E-state index in [4.69, 9.17) is 0 Å². The highest BCUT2D eigenvalue weighted by atomic mass is 19.1. The third-order valence-corrected chi connectivity index (χ3v) is 6.86. The number of para-hydroxylation sites is 1. The minimum absolute atomic E-state index is 0.0378. The van der Waals surface area contributed by atoms with Gasteiger partial charge in [0.05, 0.1) is 5.56 Å². The van der Waals surface area contributed by atoms with Crippen LogP contribution in [0.25, 0.3) is 0 Å². The summed E-state index contributed by atoms with van der Waals surface area (Å²) in [7, 11) is 0. The molecule has 0 saturated heterocycles. The van der Waals surface area contributed by atoms with Gasteiger partial charge < -0.3 is 16.0 Å². The maximum Gasteiger partial charge on any atom is 0.255 e. The summed E-state index contributed by atoms with van der Waals surface area (Å²) in [5, 5.41) is 9.84. The number of fused-ring (bicyclic) bond motifs is 3. The Hall–Kier alpha value is -2.89. The number of hydrogen-bond donors (Lipinski definition) is 3.